The minimum absolute atomic E-state index is 0.385. The first-order chi connectivity index (χ1) is 8.18. The van der Waals surface area contributed by atoms with Gasteiger partial charge in [0.15, 0.2) is 0 Å². The molecule has 5 nitrogen and oxygen atoms in total. The SMILES string of the molecule is CNC1(C(=O)O)CCN(C2C=CN=CC2)CC1. The first-order valence-electron chi connectivity index (χ1n) is 6.03. The molecule has 0 saturated carbocycles. The van der Waals surface area contributed by atoms with E-state index in [1.165, 1.54) is 0 Å². The Morgan fingerprint density at radius 1 is 1.53 bits per heavy atom. The maximum absolute atomic E-state index is 11.3. The van der Waals surface area contributed by atoms with Crippen LogP contribution in [0.2, 0.25) is 0 Å². The maximum atomic E-state index is 11.3. The molecule has 0 aromatic rings. The van der Waals surface area contributed by atoms with E-state index in [9.17, 15) is 9.90 Å². The van der Waals surface area contributed by atoms with Crippen molar-refractivity contribution in [1.29, 1.82) is 0 Å². The normalized spacial score (nSPS) is 28.2. The van der Waals surface area contributed by atoms with Gasteiger partial charge in [0.05, 0.1) is 0 Å². The van der Waals surface area contributed by atoms with Crippen molar-refractivity contribution in [1.82, 2.24) is 10.2 Å². The van der Waals surface area contributed by atoms with Gasteiger partial charge in [0.1, 0.15) is 5.54 Å². The highest BCUT2D eigenvalue weighted by atomic mass is 16.4. The van der Waals surface area contributed by atoms with Crippen molar-refractivity contribution in [3.05, 3.63) is 12.3 Å². The Bertz CT molecular complexity index is 344. The predicted molar refractivity (Wildman–Crippen MR) is 66.3 cm³/mol. The standard InChI is InChI=1S/C12H19N3O2/c1-13-12(11(16)17)4-8-15(9-5-12)10-2-6-14-7-3-10/h2,6-7,10,13H,3-5,8-9H2,1H3,(H,16,17). The number of hydrogen-bond acceptors (Lipinski definition) is 4. The molecule has 1 unspecified atom stereocenters. The fourth-order valence-electron chi connectivity index (χ4n) is 2.54. The van der Waals surface area contributed by atoms with Gasteiger partial charge in [-0.15, -0.1) is 0 Å². The average Bonchev–Trinajstić information content (AvgIpc) is 2.39. The third kappa shape index (κ3) is 2.40. The Morgan fingerprint density at radius 2 is 2.24 bits per heavy atom. The molecule has 1 fully saturated rings. The average molecular weight is 237 g/mol. The van der Waals surface area contributed by atoms with Crippen LogP contribution in [0.1, 0.15) is 19.3 Å². The number of carboxylic acid groups (broad SMARTS) is 1. The lowest BCUT2D eigenvalue weighted by Gasteiger charge is -2.41. The van der Waals surface area contributed by atoms with Crippen LogP contribution in [0.5, 0.6) is 0 Å². The summed E-state index contributed by atoms with van der Waals surface area (Å²) in [4.78, 5) is 17.7. The fourth-order valence-corrected chi connectivity index (χ4v) is 2.54. The number of aliphatic carboxylic acids is 1. The van der Waals surface area contributed by atoms with Crippen LogP contribution >= 0.6 is 0 Å². The summed E-state index contributed by atoms with van der Waals surface area (Å²) in [6, 6.07) is 0.385. The van der Waals surface area contributed by atoms with E-state index < -0.39 is 11.5 Å². The van der Waals surface area contributed by atoms with E-state index in [0.29, 0.717) is 18.9 Å². The number of nitrogens with one attached hydrogen (secondary N) is 1. The van der Waals surface area contributed by atoms with Gasteiger partial charge in [-0.3, -0.25) is 14.7 Å². The summed E-state index contributed by atoms with van der Waals surface area (Å²) in [7, 11) is 1.73. The summed E-state index contributed by atoms with van der Waals surface area (Å²) in [6.45, 7) is 1.63. The van der Waals surface area contributed by atoms with Gasteiger partial charge in [-0.1, -0.05) is 0 Å². The number of piperidine rings is 1. The molecule has 2 heterocycles. The lowest BCUT2D eigenvalue weighted by Crippen LogP contribution is -2.58. The number of nitrogens with zero attached hydrogens (tertiary/aromatic N) is 2. The number of rotatable bonds is 3. The molecular weight excluding hydrogens is 218 g/mol. The van der Waals surface area contributed by atoms with E-state index in [1.807, 2.05) is 12.4 Å². The zero-order valence-electron chi connectivity index (χ0n) is 10.1. The second-order valence-electron chi connectivity index (χ2n) is 4.65. The summed E-state index contributed by atoms with van der Waals surface area (Å²) >= 11 is 0. The summed E-state index contributed by atoms with van der Waals surface area (Å²) in [5.41, 5.74) is -0.733. The van der Waals surface area contributed by atoms with Gasteiger partial charge in [-0.2, -0.15) is 0 Å². The van der Waals surface area contributed by atoms with Crippen LogP contribution < -0.4 is 5.32 Å². The smallest absolute Gasteiger partial charge is 0.323 e. The zero-order valence-corrected chi connectivity index (χ0v) is 10.1. The van der Waals surface area contributed by atoms with Crippen LogP contribution in [0.4, 0.5) is 0 Å². The molecule has 5 heteroatoms. The molecule has 2 aliphatic heterocycles. The molecule has 94 valence electrons. The highest BCUT2D eigenvalue weighted by molar-refractivity contribution is 5.79. The van der Waals surface area contributed by atoms with E-state index in [1.54, 1.807) is 7.05 Å². The lowest BCUT2D eigenvalue weighted by atomic mass is 9.87. The molecule has 2 N–H and O–H groups in total. The molecule has 0 aromatic heterocycles. The van der Waals surface area contributed by atoms with E-state index in [-0.39, 0.29) is 0 Å². The Balaban J connectivity index is 1.95. The minimum Gasteiger partial charge on any atom is -0.480 e. The van der Waals surface area contributed by atoms with Gasteiger partial charge < -0.3 is 10.4 Å². The van der Waals surface area contributed by atoms with Crippen LogP contribution in [0.3, 0.4) is 0 Å². The largest absolute Gasteiger partial charge is 0.480 e. The second kappa shape index (κ2) is 4.98. The Kier molecular flexibility index (Phi) is 3.59. The first-order valence-corrected chi connectivity index (χ1v) is 6.03. The zero-order chi connectivity index (χ0) is 12.3. The molecule has 17 heavy (non-hydrogen) atoms. The van der Waals surface area contributed by atoms with Crippen LogP contribution in [0.15, 0.2) is 17.3 Å². The van der Waals surface area contributed by atoms with Crippen molar-refractivity contribution in [3.63, 3.8) is 0 Å². The molecule has 1 saturated heterocycles. The first kappa shape index (κ1) is 12.3. The van der Waals surface area contributed by atoms with Crippen LogP contribution in [0.25, 0.3) is 0 Å². The predicted octanol–water partition coefficient (Wildman–Crippen LogP) is 0.482. The molecular formula is C12H19N3O2. The molecule has 0 spiro atoms. The summed E-state index contributed by atoms with van der Waals surface area (Å²) in [5, 5.41) is 12.2. The van der Waals surface area contributed by atoms with Gasteiger partial charge in [-0.05, 0) is 26.0 Å². The summed E-state index contributed by atoms with van der Waals surface area (Å²) in [5.74, 6) is -0.736. The van der Waals surface area contributed by atoms with Crippen LogP contribution in [0, 0.1) is 0 Å². The van der Waals surface area contributed by atoms with Gasteiger partial charge >= 0.3 is 5.97 Å². The van der Waals surface area contributed by atoms with Gasteiger partial charge in [0, 0.05) is 38.0 Å². The number of carboxylic acids is 1. The topological polar surface area (TPSA) is 64.9 Å². The van der Waals surface area contributed by atoms with Crippen molar-refractivity contribution in [3.8, 4) is 0 Å². The molecule has 0 bridgehead atoms. The highest BCUT2D eigenvalue weighted by Gasteiger charge is 2.40. The van der Waals surface area contributed by atoms with E-state index in [2.05, 4.69) is 21.3 Å². The van der Waals surface area contributed by atoms with E-state index in [4.69, 9.17) is 0 Å². The molecule has 0 amide bonds. The van der Waals surface area contributed by atoms with Crippen molar-refractivity contribution in [2.45, 2.75) is 30.8 Å². The molecule has 2 rings (SSSR count). The van der Waals surface area contributed by atoms with Gasteiger partial charge in [-0.25, -0.2) is 0 Å². The summed E-state index contributed by atoms with van der Waals surface area (Å²) in [6.07, 6.45) is 8.07. The summed E-state index contributed by atoms with van der Waals surface area (Å²) < 4.78 is 0. The number of likely N-dealkylation sites (N-methyl/N-ethyl adjacent to an activating group) is 1. The van der Waals surface area contributed by atoms with E-state index >= 15 is 0 Å². The minimum atomic E-state index is -0.736. The highest BCUT2D eigenvalue weighted by Crippen LogP contribution is 2.25. The maximum Gasteiger partial charge on any atom is 0.323 e. The molecule has 2 aliphatic rings. The number of aliphatic imine (C=N–C) groups is 1. The third-order valence-corrected chi connectivity index (χ3v) is 3.86. The van der Waals surface area contributed by atoms with Gasteiger partial charge in [0.25, 0.3) is 0 Å². The van der Waals surface area contributed by atoms with Crippen molar-refractivity contribution in [2.75, 3.05) is 20.1 Å². The fraction of sp³-hybridized carbons (Fsp3) is 0.667. The molecule has 0 radical (unpaired) electrons. The number of likely N-dealkylation sites (tertiary alicyclic amines) is 1. The van der Waals surface area contributed by atoms with Crippen LogP contribution in [-0.4, -0.2) is 53.9 Å². The van der Waals surface area contributed by atoms with Crippen molar-refractivity contribution < 1.29 is 9.90 Å². The second-order valence-corrected chi connectivity index (χ2v) is 4.65. The number of carbonyl (C=O) groups is 1. The quantitative estimate of drug-likeness (QED) is 0.749. The molecule has 0 aliphatic carbocycles. The third-order valence-electron chi connectivity index (χ3n) is 3.86. The Labute approximate surface area is 101 Å². The molecule has 1 atom stereocenters. The monoisotopic (exact) mass is 237 g/mol. The Morgan fingerprint density at radius 3 is 2.71 bits per heavy atom. The van der Waals surface area contributed by atoms with Crippen molar-refractivity contribution in [2.24, 2.45) is 4.99 Å². The molecule has 0 aromatic carbocycles. The van der Waals surface area contributed by atoms with Gasteiger partial charge in [0.2, 0.25) is 0 Å². The Hall–Kier alpha value is -1.20. The lowest BCUT2D eigenvalue weighted by molar-refractivity contribution is -0.147. The number of hydrogen-bond donors (Lipinski definition) is 2. The van der Waals surface area contributed by atoms with Crippen molar-refractivity contribution >= 4 is 12.2 Å². The van der Waals surface area contributed by atoms with E-state index in [0.717, 1.165) is 19.5 Å². The van der Waals surface area contributed by atoms with Crippen LogP contribution in [-0.2, 0) is 4.79 Å².